The standard InChI is InChI=1S/C11H21N3O2/c1-3-6-11(2,12)10(16)14-8-5-4-7-13-9(8)15/h8H,3-7,12H2,1-2H3,(H,13,15)(H,14,16). The summed E-state index contributed by atoms with van der Waals surface area (Å²) in [6.45, 7) is 4.37. The van der Waals surface area contributed by atoms with Crippen LogP contribution in [0.5, 0.6) is 0 Å². The van der Waals surface area contributed by atoms with Crippen LogP contribution in [0.2, 0.25) is 0 Å². The number of hydrogen-bond donors (Lipinski definition) is 3. The molecule has 2 atom stereocenters. The van der Waals surface area contributed by atoms with Gasteiger partial charge in [0.2, 0.25) is 11.8 Å². The third-order valence-corrected chi connectivity index (χ3v) is 2.88. The molecule has 0 spiro atoms. The summed E-state index contributed by atoms with van der Waals surface area (Å²) in [5.74, 6) is -0.344. The first-order valence-electron chi connectivity index (χ1n) is 5.85. The lowest BCUT2D eigenvalue weighted by atomic mass is 9.95. The normalized spacial score (nSPS) is 24.4. The third kappa shape index (κ3) is 3.20. The Morgan fingerprint density at radius 3 is 2.94 bits per heavy atom. The SMILES string of the molecule is CCCC(C)(N)C(=O)NC1CCCNC1=O. The molecule has 5 nitrogen and oxygen atoms in total. The monoisotopic (exact) mass is 227 g/mol. The van der Waals surface area contributed by atoms with Crippen LogP contribution in [-0.4, -0.2) is 29.9 Å². The van der Waals surface area contributed by atoms with E-state index in [1.165, 1.54) is 0 Å². The summed E-state index contributed by atoms with van der Waals surface area (Å²) < 4.78 is 0. The molecule has 2 unspecified atom stereocenters. The molecule has 16 heavy (non-hydrogen) atoms. The second-order valence-electron chi connectivity index (χ2n) is 4.63. The molecule has 0 aromatic heterocycles. The molecule has 1 rings (SSSR count). The van der Waals surface area contributed by atoms with Gasteiger partial charge in [0.1, 0.15) is 6.04 Å². The van der Waals surface area contributed by atoms with Crippen molar-refractivity contribution >= 4 is 11.8 Å². The van der Waals surface area contributed by atoms with Crippen LogP contribution in [0.1, 0.15) is 39.5 Å². The van der Waals surface area contributed by atoms with Crippen LogP contribution >= 0.6 is 0 Å². The van der Waals surface area contributed by atoms with Crippen molar-refractivity contribution < 1.29 is 9.59 Å². The molecule has 1 heterocycles. The molecule has 4 N–H and O–H groups in total. The highest BCUT2D eigenvalue weighted by Crippen LogP contribution is 2.10. The maximum Gasteiger partial charge on any atom is 0.242 e. The van der Waals surface area contributed by atoms with Gasteiger partial charge in [-0.3, -0.25) is 9.59 Å². The maximum atomic E-state index is 11.9. The van der Waals surface area contributed by atoms with E-state index in [0.29, 0.717) is 19.4 Å². The van der Waals surface area contributed by atoms with E-state index in [4.69, 9.17) is 5.73 Å². The minimum Gasteiger partial charge on any atom is -0.354 e. The van der Waals surface area contributed by atoms with Gasteiger partial charge in [-0.25, -0.2) is 0 Å². The van der Waals surface area contributed by atoms with Gasteiger partial charge < -0.3 is 16.4 Å². The zero-order chi connectivity index (χ0) is 12.2. The van der Waals surface area contributed by atoms with Crippen LogP contribution in [-0.2, 0) is 9.59 Å². The number of piperidine rings is 1. The lowest BCUT2D eigenvalue weighted by Gasteiger charge is -2.28. The molecule has 0 aromatic carbocycles. The second-order valence-corrected chi connectivity index (χ2v) is 4.63. The van der Waals surface area contributed by atoms with Crippen LogP contribution in [0.4, 0.5) is 0 Å². The lowest BCUT2D eigenvalue weighted by Crippen LogP contribution is -2.58. The van der Waals surface area contributed by atoms with E-state index >= 15 is 0 Å². The molecule has 0 aliphatic carbocycles. The van der Waals surface area contributed by atoms with Crippen LogP contribution in [0.25, 0.3) is 0 Å². The number of hydrogen-bond acceptors (Lipinski definition) is 3. The van der Waals surface area contributed by atoms with Gasteiger partial charge in [0.05, 0.1) is 5.54 Å². The Hall–Kier alpha value is -1.10. The molecule has 0 aromatic rings. The van der Waals surface area contributed by atoms with Crippen molar-refractivity contribution in [3.05, 3.63) is 0 Å². The predicted molar refractivity (Wildman–Crippen MR) is 61.7 cm³/mol. The molecular weight excluding hydrogens is 206 g/mol. The Labute approximate surface area is 96.1 Å². The molecule has 1 saturated heterocycles. The molecule has 1 aliphatic heterocycles. The first-order valence-corrected chi connectivity index (χ1v) is 5.85. The van der Waals surface area contributed by atoms with Crippen molar-refractivity contribution in [3.8, 4) is 0 Å². The summed E-state index contributed by atoms with van der Waals surface area (Å²) in [6.07, 6.45) is 3.05. The highest BCUT2D eigenvalue weighted by Gasteiger charge is 2.31. The van der Waals surface area contributed by atoms with Crippen LogP contribution in [0.15, 0.2) is 0 Å². The summed E-state index contributed by atoms with van der Waals surface area (Å²) in [7, 11) is 0. The molecular formula is C11H21N3O2. The average Bonchev–Trinajstić information content (AvgIpc) is 2.21. The van der Waals surface area contributed by atoms with Gasteiger partial charge in [0.15, 0.2) is 0 Å². The Morgan fingerprint density at radius 2 is 2.38 bits per heavy atom. The first kappa shape index (κ1) is 13.0. The van der Waals surface area contributed by atoms with E-state index < -0.39 is 11.6 Å². The fourth-order valence-corrected chi connectivity index (χ4v) is 1.87. The quantitative estimate of drug-likeness (QED) is 0.627. The van der Waals surface area contributed by atoms with Crippen molar-refractivity contribution in [2.45, 2.75) is 51.1 Å². The van der Waals surface area contributed by atoms with Gasteiger partial charge in [0.25, 0.3) is 0 Å². The molecule has 0 radical (unpaired) electrons. The molecule has 92 valence electrons. The van der Waals surface area contributed by atoms with E-state index in [1.807, 2.05) is 6.92 Å². The molecule has 1 aliphatic rings. The molecule has 5 heteroatoms. The second kappa shape index (κ2) is 5.30. The fourth-order valence-electron chi connectivity index (χ4n) is 1.87. The van der Waals surface area contributed by atoms with Crippen molar-refractivity contribution in [2.24, 2.45) is 5.73 Å². The zero-order valence-corrected chi connectivity index (χ0v) is 10.0. The highest BCUT2D eigenvalue weighted by molar-refractivity contribution is 5.91. The van der Waals surface area contributed by atoms with Crippen molar-refractivity contribution in [1.29, 1.82) is 0 Å². The van der Waals surface area contributed by atoms with E-state index in [2.05, 4.69) is 10.6 Å². The zero-order valence-electron chi connectivity index (χ0n) is 10.0. The van der Waals surface area contributed by atoms with Gasteiger partial charge in [-0.1, -0.05) is 13.3 Å². The van der Waals surface area contributed by atoms with E-state index in [-0.39, 0.29) is 11.8 Å². The van der Waals surface area contributed by atoms with Gasteiger partial charge in [0, 0.05) is 6.54 Å². The average molecular weight is 227 g/mol. The summed E-state index contributed by atoms with van der Waals surface area (Å²) in [5.41, 5.74) is 5.01. The van der Waals surface area contributed by atoms with E-state index in [1.54, 1.807) is 6.92 Å². The van der Waals surface area contributed by atoms with Gasteiger partial charge in [-0.05, 0) is 26.2 Å². The van der Waals surface area contributed by atoms with Gasteiger partial charge in [-0.15, -0.1) is 0 Å². The summed E-state index contributed by atoms with van der Waals surface area (Å²) in [6, 6.07) is -0.416. The number of carbonyl (C=O) groups is 2. The largest absolute Gasteiger partial charge is 0.354 e. The molecule has 2 amide bonds. The number of nitrogens with one attached hydrogen (secondary N) is 2. The Morgan fingerprint density at radius 1 is 1.69 bits per heavy atom. The number of carbonyl (C=O) groups excluding carboxylic acids is 2. The molecule has 1 fully saturated rings. The molecule has 0 saturated carbocycles. The van der Waals surface area contributed by atoms with E-state index in [9.17, 15) is 9.59 Å². The topological polar surface area (TPSA) is 84.2 Å². The van der Waals surface area contributed by atoms with Crippen LogP contribution < -0.4 is 16.4 Å². The maximum absolute atomic E-state index is 11.9. The van der Waals surface area contributed by atoms with E-state index in [0.717, 1.165) is 12.8 Å². The lowest BCUT2D eigenvalue weighted by molar-refractivity contribution is -0.132. The van der Waals surface area contributed by atoms with Crippen molar-refractivity contribution in [2.75, 3.05) is 6.54 Å². The van der Waals surface area contributed by atoms with Crippen LogP contribution in [0, 0.1) is 0 Å². The van der Waals surface area contributed by atoms with Crippen molar-refractivity contribution in [1.82, 2.24) is 10.6 Å². The minimum atomic E-state index is -0.882. The van der Waals surface area contributed by atoms with Gasteiger partial charge in [-0.2, -0.15) is 0 Å². The predicted octanol–water partition coefficient (Wildman–Crippen LogP) is -0.101. The number of nitrogens with two attached hydrogens (primary N) is 1. The Bertz CT molecular complexity index is 276. The third-order valence-electron chi connectivity index (χ3n) is 2.88. The summed E-state index contributed by atoms with van der Waals surface area (Å²) >= 11 is 0. The highest BCUT2D eigenvalue weighted by atomic mass is 16.2. The fraction of sp³-hybridized carbons (Fsp3) is 0.818. The van der Waals surface area contributed by atoms with Gasteiger partial charge >= 0.3 is 0 Å². The van der Waals surface area contributed by atoms with Crippen molar-refractivity contribution in [3.63, 3.8) is 0 Å². The smallest absolute Gasteiger partial charge is 0.242 e. The molecule has 0 bridgehead atoms. The Balaban J connectivity index is 2.52. The summed E-state index contributed by atoms with van der Waals surface area (Å²) in [4.78, 5) is 23.3. The first-order chi connectivity index (χ1) is 7.47. The number of rotatable bonds is 4. The summed E-state index contributed by atoms with van der Waals surface area (Å²) in [5, 5.41) is 5.44. The minimum absolute atomic E-state index is 0.105. The van der Waals surface area contributed by atoms with Crippen LogP contribution in [0.3, 0.4) is 0 Å². The number of amides is 2. The Kier molecular flexibility index (Phi) is 4.29.